The third kappa shape index (κ3) is 8.92. The topological polar surface area (TPSA) is 132 Å². The second-order valence-electron chi connectivity index (χ2n) is 20.6. The molecule has 382 valence electrons. The van der Waals surface area contributed by atoms with E-state index >= 15 is 14.0 Å². The van der Waals surface area contributed by atoms with E-state index in [2.05, 4.69) is 41.8 Å². The second-order valence-corrected chi connectivity index (χ2v) is 21.3. The van der Waals surface area contributed by atoms with Gasteiger partial charge in [0.2, 0.25) is 5.91 Å². The van der Waals surface area contributed by atoms with Crippen molar-refractivity contribution in [3.05, 3.63) is 146 Å². The highest BCUT2D eigenvalue weighted by molar-refractivity contribution is 7.81. The number of phenolic OH excluding ortho intramolecular Hbond substituents is 1. The van der Waals surface area contributed by atoms with E-state index in [1.54, 1.807) is 38.3 Å². The first-order valence-corrected chi connectivity index (χ1v) is 26.2. The number of rotatable bonds is 11. The number of thiol groups is 1. The molecule has 2 amide bonds. The molecule has 2 saturated heterocycles. The Kier molecular flexibility index (Phi) is 13.4. The van der Waals surface area contributed by atoms with Crippen LogP contribution in [-0.4, -0.2) is 120 Å². The van der Waals surface area contributed by atoms with Gasteiger partial charge in [-0.25, -0.2) is 8.78 Å². The van der Waals surface area contributed by atoms with E-state index in [-0.39, 0.29) is 59.0 Å². The molecule has 0 saturated carbocycles. The molecule has 4 aliphatic rings. The first kappa shape index (κ1) is 49.3. The van der Waals surface area contributed by atoms with Crippen LogP contribution in [0.2, 0.25) is 0 Å². The number of piperidine rings is 1. The number of amides is 2. The summed E-state index contributed by atoms with van der Waals surface area (Å²) in [5.74, 6) is -0.593. The normalized spacial score (nSPS) is 19.2. The molecule has 0 bridgehead atoms. The average Bonchev–Trinajstić information content (AvgIpc) is 4.02. The van der Waals surface area contributed by atoms with Gasteiger partial charge in [-0.05, 0) is 122 Å². The van der Waals surface area contributed by atoms with Gasteiger partial charge >= 0.3 is 0 Å². The minimum Gasteiger partial charge on any atom is -0.508 e. The van der Waals surface area contributed by atoms with Gasteiger partial charge in [-0.15, -0.1) is 0 Å². The van der Waals surface area contributed by atoms with Crippen molar-refractivity contribution < 1.29 is 28.2 Å². The van der Waals surface area contributed by atoms with Crippen LogP contribution in [0, 0.1) is 24.1 Å². The number of phenols is 1. The summed E-state index contributed by atoms with van der Waals surface area (Å²) in [6, 6.07) is 27.4. The summed E-state index contributed by atoms with van der Waals surface area (Å²) < 4.78 is 40.2. The maximum Gasteiger partial charge on any atom is 0.265 e. The monoisotopic (exact) mass is 1020 g/mol. The van der Waals surface area contributed by atoms with Crippen LogP contribution in [0.25, 0.3) is 38.8 Å². The molecule has 7 heterocycles. The fourth-order valence-electron chi connectivity index (χ4n) is 12.1. The number of fused-ring (bicyclic) bond motifs is 5. The summed E-state index contributed by atoms with van der Waals surface area (Å²) in [6.45, 7) is 6.44. The summed E-state index contributed by atoms with van der Waals surface area (Å²) in [5.41, 5.74) is 8.46. The van der Waals surface area contributed by atoms with Gasteiger partial charge in [0.05, 0.1) is 33.5 Å². The van der Waals surface area contributed by atoms with E-state index in [0.29, 0.717) is 107 Å². The largest absolute Gasteiger partial charge is 0.508 e. The van der Waals surface area contributed by atoms with Crippen LogP contribution in [0.3, 0.4) is 0 Å². The van der Waals surface area contributed by atoms with Gasteiger partial charge < -0.3 is 33.7 Å². The molecule has 1 N–H and O–H groups in total. The Morgan fingerprint density at radius 2 is 1.64 bits per heavy atom. The van der Waals surface area contributed by atoms with E-state index in [1.807, 2.05) is 59.7 Å². The van der Waals surface area contributed by atoms with E-state index in [1.165, 1.54) is 30.2 Å². The van der Waals surface area contributed by atoms with Crippen LogP contribution < -0.4 is 10.3 Å². The lowest BCUT2D eigenvalue weighted by Crippen LogP contribution is -2.51. The molecule has 16 heteroatoms. The van der Waals surface area contributed by atoms with Gasteiger partial charge in [0.1, 0.15) is 41.9 Å². The fourth-order valence-corrected chi connectivity index (χ4v) is 12.4. The molecular weight excluding hydrogens is 959 g/mol. The Morgan fingerprint density at radius 1 is 0.865 bits per heavy atom. The molecule has 3 atom stereocenters. The predicted molar refractivity (Wildman–Crippen MR) is 284 cm³/mol. The number of benzene rings is 4. The van der Waals surface area contributed by atoms with Crippen LogP contribution >= 0.6 is 12.6 Å². The maximum absolute atomic E-state index is 15.9. The smallest absolute Gasteiger partial charge is 0.265 e. The summed E-state index contributed by atoms with van der Waals surface area (Å²) in [7, 11) is 3.69. The van der Waals surface area contributed by atoms with Crippen molar-refractivity contribution in [1.29, 1.82) is 5.26 Å². The Labute approximate surface area is 434 Å². The van der Waals surface area contributed by atoms with Gasteiger partial charge in [-0.3, -0.25) is 23.9 Å². The quantitative estimate of drug-likeness (QED) is 0.125. The third-order valence-electron chi connectivity index (χ3n) is 16.1. The van der Waals surface area contributed by atoms with Crippen LogP contribution in [-0.2, 0) is 51.2 Å². The summed E-state index contributed by atoms with van der Waals surface area (Å²) in [4.78, 5) is 53.2. The van der Waals surface area contributed by atoms with Gasteiger partial charge in [-0.2, -0.15) is 17.9 Å². The molecule has 2 fully saturated rings. The van der Waals surface area contributed by atoms with Crippen molar-refractivity contribution in [2.75, 3.05) is 52.5 Å². The highest BCUT2D eigenvalue weighted by Gasteiger charge is 2.36. The maximum atomic E-state index is 15.9. The van der Waals surface area contributed by atoms with E-state index in [9.17, 15) is 19.6 Å². The van der Waals surface area contributed by atoms with Gasteiger partial charge in [-0.1, -0.05) is 36.8 Å². The van der Waals surface area contributed by atoms with Crippen LogP contribution in [0.1, 0.15) is 68.8 Å². The number of carbonyl (C=O) groups is 2. The van der Waals surface area contributed by atoms with Crippen molar-refractivity contribution in [1.82, 2.24) is 33.3 Å². The lowest BCUT2D eigenvalue weighted by atomic mass is 9.89. The van der Waals surface area contributed by atoms with Crippen molar-refractivity contribution in [2.24, 2.45) is 14.1 Å². The first-order valence-electron chi connectivity index (χ1n) is 25.7. The number of aromatic hydroxyl groups is 1. The van der Waals surface area contributed by atoms with Crippen LogP contribution in [0.4, 0.5) is 8.78 Å². The molecule has 4 aliphatic heterocycles. The Morgan fingerprint density at radius 3 is 2.38 bits per heavy atom. The number of carbonyl (C=O) groups excluding carboxylic acids is 2. The number of hydrogen-bond donors (Lipinski definition) is 2. The Bertz CT molecular complexity index is 3460. The summed E-state index contributed by atoms with van der Waals surface area (Å²) in [5, 5.41) is 21.7. The summed E-state index contributed by atoms with van der Waals surface area (Å²) >= 11 is 4.62. The van der Waals surface area contributed by atoms with Crippen molar-refractivity contribution in [3.63, 3.8) is 0 Å². The number of pyridine rings is 1. The SMILES string of the molecule is Cc1c2c(c(C#N)n1C)c1c(cc(-c3cc4c(cc3C(=O)N3Cc5ccccc5C[C@H]3CN3CCCCC3)CN(C(=O)Cc3ccc(OC5CN(CCF)CC5S)cc3F)CC4)n1C)c(=O)n2-c1ccc(O)cc1. The first-order chi connectivity index (χ1) is 35.8. The Balaban J connectivity index is 0.991. The van der Waals surface area contributed by atoms with Gasteiger partial charge in [0.15, 0.2) is 0 Å². The molecule has 7 aromatic rings. The third-order valence-corrected chi connectivity index (χ3v) is 16.6. The highest BCUT2D eigenvalue weighted by Crippen LogP contribution is 2.40. The van der Waals surface area contributed by atoms with Gasteiger partial charge in [0.25, 0.3) is 11.5 Å². The second kappa shape index (κ2) is 20.1. The zero-order valence-corrected chi connectivity index (χ0v) is 42.9. The Hall–Kier alpha value is -6.93. The number of aromatic nitrogens is 3. The number of hydrogen-bond acceptors (Lipinski definition) is 9. The number of ether oxygens (including phenoxy) is 1. The lowest BCUT2D eigenvalue weighted by Gasteiger charge is -2.41. The molecule has 3 aromatic heterocycles. The number of likely N-dealkylation sites (tertiary alicyclic amines) is 2. The number of nitrogens with zero attached hydrogens (tertiary/aromatic N) is 8. The molecule has 0 radical (unpaired) electrons. The van der Waals surface area contributed by atoms with Crippen molar-refractivity contribution >= 4 is 46.2 Å². The molecule has 0 spiro atoms. The van der Waals surface area contributed by atoms with Crippen LogP contribution in [0.5, 0.6) is 11.5 Å². The van der Waals surface area contributed by atoms with Gasteiger partial charge in [0, 0.05) is 100 Å². The zero-order valence-electron chi connectivity index (χ0n) is 42.0. The summed E-state index contributed by atoms with van der Waals surface area (Å²) in [6.07, 6.45) is 4.09. The molecule has 74 heavy (non-hydrogen) atoms. The average molecular weight is 1020 g/mol. The number of nitriles is 1. The molecule has 2 unspecified atom stereocenters. The molecule has 13 nitrogen and oxygen atoms in total. The van der Waals surface area contributed by atoms with E-state index < -0.39 is 12.5 Å². The number of halogens is 2. The standard InChI is InChI=1S/C58H60F2N8O5S/c1-35-55-54(50(29-61)62(35)2)56-47(58(72)68(55)41-12-14-43(69)15-13-41)28-49(63(56)3)45-24-37-17-21-66(53(70)26-38-11-16-44(27-48(38)60)73-51-33-65(22-18-59)34-52(51)74)30-40(37)25-46(45)57(71)67-31-39-10-6-5-9-36(39)23-42(67)32-64-19-7-4-8-20-64/h5-6,9-16,24-25,27-28,42,51-52,69,74H,4,7-8,17-23,26,30-34H2,1-3H3/t42-,51?,52?/m0/s1. The predicted octanol–water partition coefficient (Wildman–Crippen LogP) is 8.02. The number of aryl methyl sites for hydroxylation is 2. The fraction of sp³-hybridized carbons (Fsp3) is 0.379. The number of alkyl halides is 1. The highest BCUT2D eigenvalue weighted by atomic mass is 32.1. The van der Waals surface area contributed by atoms with E-state index in [4.69, 9.17) is 4.74 Å². The van der Waals surface area contributed by atoms with E-state index in [0.717, 1.165) is 49.2 Å². The van der Waals surface area contributed by atoms with Crippen molar-refractivity contribution in [3.8, 4) is 34.5 Å². The van der Waals surface area contributed by atoms with Crippen molar-refractivity contribution in [2.45, 2.75) is 75.9 Å². The molecule has 4 aromatic carbocycles. The molecule has 0 aliphatic carbocycles. The minimum atomic E-state index is -0.558. The lowest BCUT2D eigenvalue weighted by molar-refractivity contribution is -0.131. The van der Waals surface area contributed by atoms with Crippen LogP contribution in [0.15, 0.2) is 89.7 Å². The molecular formula is C58H60F2N8O5S. The molecule has 11 rings (SSSR count). The zero-order chi connectivity index (χ0) is 51.5. The minimum absolute atomic E-state index is 0.0540.